The number of halogens is 1. The highest BCUT2D eigenvalue weighted by molar-refractivity contribution is 7.16. The minimum Gasteiger partial charge on any atom is -0.467 e. The quantitative estimate of drug-likeness (QED) is 0.892. The normalized spacial score (nSPS) is 10.9. The molecule has 1 amide bonds. The smallest absolute Gasteiger partial charge is 0.234 e. The van der Waals surface area contributed by atoms with Gasteiger partial charge in [-0.3, -0.25) is 9.69 Å². The lowest BCUT2D eigenvalue weighted by molar-refractivity contribution is -0.122. The van der Waals surface area contributed by atoms with E-state index in [0.29, 0.717) is 19.6 Å². The summed E-state index contributed by atoms with van der Waals surface area (Å²) in [4.78, 5) is 14.8. The summed E-state index contributed by atoms with van der Waals surface area (Å²) >= 11 is 7.40. The van der Waals surface area contributed by atoms with Crippen LogP contribution >= 0.6 is 22.9 Å². The predicted octanol–water partition coefficient (Wildman–Crippen LogP) is 2.74. The van der Waals surface area contributed by atoms with Crippen molar-refractivity contribution in [1.82, 2.24) is 10.2 Å². The molecule has 19 heavy (non-hydrogen) atoms. The van der Waals surface area contributed by atoms with Crippen molar-refractivity contribution in [3.63, 3.8) is 0 Å². The second kappa shape index (κ2) is 6.75. The van der Waals surface area contributed by atoms with E-state index in [1.165, 1.54) is 11.3 Å². The summed E-state index contributed by atoms with van der Waals surface area (Å²) in [6.45, 7) is 1.48. The van der Waals surface area contributed by atoms with Crippen LogP contribution < -0.4 is 5.32 Å². The van der Waals surface area contributed by atoms with Crippen molar-refractivity contribution >= 4 is 28.8 Å². The second-order valence-corrected chi connectivity index (χ2v) is 6.03. The van der Waals surface area contributed by atoms with E-state index in [1.807, 2.05) is 30.1 Å². The minimum atomic E-state index is -0.0263. The van der Waals surface area contributed by atoms with Crippen LogP contribution in [0.25, 0.3) is 0 Å². The Labute approximate surface area is 121 Å². The topological polar surface area (TPSA) is 45.5 Å². The van der Waals surface area contributed by atoms with Gasteiger partial charge in [-0.05, 0) is 31.3 Å². The third kappa shape index (κ3) is 4.70. The third-order valence-electron chi connectivity index (χ3n) is 2.51. The van der Waals surface area contributed by atoms with Crippen molar-refractivity contribution in [2.45, 2.75) is 13.1 Å². The van der Waals surface area contributed by atoms with Gasteiger partial charge in [0, 0.05) is 11.4 Å². The van der Waals surface area contributed by atoms with Gasteiger partial charge >= 0.3 is 0 Å². The van der Waals surface area contributed by atoms with Crippen LogP contribution in [0.15, 0.2) is 34.9 Å². The summed E-state index contributed by atoms with van der Waals surface area (Å²) < 4.78 is 5.92. The molecule has 2 aromatic rings. The Morgan fingerprint density at radius 3 is 2.95 bits per heavy atom. The van der Waals surface area contributed by atoms with Gasteiger partial charge < -0.3 is 9.73 Å². The number of hydrogen-bond donors (Lipinski definition) is 1. The number of rotatable bonds is 6. The first-order valence-corrected chi connectivity index (χ1v) is 7.05. The van der Waals surface area contributed by atoms with Crippen LogP contribution in [0.4, 0.5) is 0 Å². The molecule has 102 valence electrons. The first-order valence-electron chi connectivity index (χ1n) is 5.85. The Balaban J connectivity index is 1.72. The highest BCUT2D eigenvalue weighted by Crippen LogP contribution is 2.22. The van der Waals surface area contributed by atoms with Crippen molar-refractivity contribution in [3.05, 3.63) is 45.5 Å². The van der Waals surface area contributed by atoms with Gasteiger partial charge in [-0.25, -0.2) is 0 Å². The van der Waals surface area contributed by atoms with Crippen LogP contribution in [0.5, 0.6) is 0 Å². The standard InChI is InChI=1S/C13H15ClN2O2S/c1-16(8-11-4-5-12(14)19-11)9-13(17)15-7-10-3-2-6-18-10/h2-6H,7-9H2,1H3,(H,15,17). The Morgan fingerprint density at radius 1 is 1.47 bits per heavy atom. The van der Waals surface area contributed by atoms with E-state index in [4.69, 9.17) is 16.0 Å². The van der Waals surface area contributed by atoms with Gasteiger partial charge in [0.1, 0.15) is 5.76 Å². The van der Waals surface area contributed by atoms with Gasteiger partial charge in [0.15, 0.2) is 0 Å². The highest BCUT2D eigenvalue weighted by atomic mass is 35.5. The molecule has 0 aromatic carbocycles. The van der Waals surface area contributed by atoms with Gasteiger partial charge in [-0.15, -0.1) is 11.3 Å². The molecule has 0 fully saturated rings. The number of carbonyl (C=O) groups excluding carboxylic acids is 1. The van der Waals surface area contributed by atoms with E-state index in [9.17, 15) is 4.79 Å². The van der Waals surface area contributed by atoms with Crippen molar-refractivity contribution < 1.29 is 9.21 Å². The Kier molecular flexibility index (Phi) is 5.01. The summed E-state index contributed by atoms with van der Waals surface area (Å²) in [6.07, 6.45) is 1.59. The second-order valence-electron chi connectivity index (χ2n) is 4.23. The molecule has 0 spiro atoms. The Bertz CT molecular complexity index is 524. The van der Waals surface area contributed by atoms with Gasteiger partial charge in [-0.2, -0.15) is 0 Å². The first-order chi connectivity index (χ1) is 9.13. The first kappa shape index (κ1) is 14.1. The summed E-state index contributed by atoms with van der Waals surface area (Å²) in [5.74, 6) is 0.725. The van der Waals surface area contributed by atoms with E-state index in [1.54, 1.807) is 12.3 Å². The highest BCUT2D eigenvalue weighted by Gasteiger charge is 2.08. The minimum absolute atomic E-state index is 0.0263. The third-order valence-corrected chi connectivity index (χ3v) is 3.72. The lowest BCUT2D eigenvalue weighted by atomic mass is 10.4. The monoisotopic (exact) mass is 298 g/mol. The summed E-state index contributed by atoms with van der Waals surface area (Å²) in [7, 11) is 1.90. The van der Waals surface area contributed by atoms with E-state index in [0.717, 1.165) is 15.0 Å². The number of carbonyl (C=O) groups is 1. The molecule has 0 aliphatic carbocycles. The summed E-state index contributed by atoms with van der Waals surface area (Å²) in [5.41, 5.74) is 0. The van der Waals surface area contributed by atoms with Crippen molar-refractivity contribution in [2.24, 2.45) is 0 Å². The SMILES string of the molecule is CN(CC(=O)NCc1ccco1)Cc1ccc(Cl)s1. The average molecular weight is 299 g/mol. The maximum Gasteiger partial charge on any atom is 0.234 e. The lowest BCUT2D eigenvalue weighted by Gasteiger charge is -2.14. The van der Waals surface area contributed by atoms with Crippen LogP contribution in [-0.2, 0) is 17.9 Å². The van der Waals surface area contributed by atoms with Crippen LogP contribution in [0.2, 0.25) is 4.34 Å². The average Bonchev–Trinajstić information content (AvgIpc) is 2.98. The van der Waals surface area contributed by atoms with Gasteiger partial charge in [-0.1, -0.05) is 11.6 Å². The molecule has 6 heteroatoms. The Hall–Kier alpha value is -1.30. The fraction of sp³-hybridized carbons (Fsp3) is 0.308. The van der Waals surface area contributed by atoms with Crippen LogP contribution in [-0.4, -0.2) is 24.4 Å². The molecule has 0 atom stereocenters. The molecule has 0 aliphatic heterocycles. The molecule has 2 aromatic heterocycles. The zero-order valence-corrected chi connectivity index (χ0v) is 12.1. The number of likely N-dealkylation sites (N-methyl/N-ethyl adjacent to an activating group) is 1. The lowest BCUT2D eigenvalue weighted by Crippen LogP contribution is -2.34. The van der Waals surface area contributed by atoms with E-state index in [2.05, 4.69) is 5.32 Å². The number of thiophene rings is 1. The molecule has 2 heterocycles. The van der Waals surface area contributed by atoms with E-state index >= 15 is 0 Å². The zero-order chi connectivity index (χ0) is 13.7. The molecule has 0 saturated heterocycles. The van der Waals surface area contributed by atoms with Gasteiger partial charge in [0.2, 0.25) is 5.91 Å². The molecule has 0 bridgehead atoms. The predicted molar refractivity (Wildman–Crippen MR) is 76.2 cm³/mol. The number of amides is 1. The fourth-order valence-electron chi connectivity index (χ4n) is 1.66. The van der Waals surface area contributed by atoms with Crippen molar-refractivity contribution in [1.29, 1.82) is 0 Å². The zero-order valence-electron chi connectivity index (χ0n) is 10.6. The van der Waals surface area contributed by atoms with Crippen LogP contribution in [0, 0.1) is 0 Å². The maximum absolute atomic E-state index is 11.7. The van der Waals surface area contributed by atoms with Crippen molar-refractivity contribution in [2.75, 3.05) is 13.6 Å². The number of hydrogen-bond acceptors (Lipinski definition) is 4. The molecular weight excluding hydrogens is 284 g/mol. The Morgan fingerprint density at radius 2 is 2.32 bits per heavy atom. The maximum atomic E-state index is 11.7. The molecule has 4 nitrogen and oxygen atoms in total. The molecule has 0 radical (unpaired) electrons. The number of furan rings is 1. The molecule has 0 saturated carbocycles. The molecule has 1 N–H and O–H groups in total. The van der Waals surface area contributed by atoms with Gasteiger partial charge in [0.05, 0.1) is 23.7 Å². The molecule has 2 rings (SSSR count). The van der Waals surface area contributed by atoms with E-state index in [-0.39, 0.29) is 5.91 Å². The summed E-state index contributed by atoms with van der Waals surface area (Å²) in [6, 6.07) is 7.47. The van der Waals surface area contributed by atoms with Crippen LogP contribution in [0.3, 0.4) is 0 Å². The fourth-order valence-corrected chi connectivity index (χ4v) is 2.83. The molecule has 0 unspecified atom stereocenters. The largest absolute Gasteiger partial charge is 0.467 e. The number of nitrogens with zero attached hydrogens (tertiary/aromatic N) is 1. The summed E-state index contributed by atoms with van der Waals surface area (Å²) in [5, 5.41) is 2.81. The van der Waals surface area contributed by atoms with Crippen LogP contribution in [0.1, 0.15) is 10.6 Å². The number of nitrogens with one attached hydrogen (secondary N) is 1. The van der Waals surface area contributed by atoms with Crippen molar-refractivity contribution in [3.8, 4) is 0 Å². The molecular formula is C13H15ClN2O2S. The van der Waals surface area contributed by atoms with E-state index < -0.39 is 0 Å². The van der Waals surface area contributed by atoms with Gasteiger partial charge in [0.25, 0.3) is 0 Å². The molecule has 0 aliphatic rings.